The number of hydrogen-bond acceptors (Lipinski definition) is 0. The average molecular weight is 312 g/mol. The summed E-state index contributed by atoms with van der Waals surface area (Å²) in [7, 11) is 0. The zero-order valence-corrected chi connectivity index (χ0v) is 15.6. The van der Waals surface area contributed by atoms with E-state index in [1.165, 1.54) is 1.58 Å². The van der Waals surface area contributed by atoms with E-state index in [1.54, 1.807) is 0 Å². The normalized spacial score (nSPS) is 9.90. The van der Waals surface area contributed by atoms with E-state index in [0.717, 1.165) is 0 Å². The Morgan fingerprint density at radius 2 is 0.800 bits per heavy atom. The van der Waals surface area contributed by atoms with Crippen molar-refractivity contribution in [1.82, 2.24) is 0 Å². The molecule has 0 aromatic carbocycles. The zero-order chi connectivity index (χ0) is 8.31. The SMILES string of the molecule is [CH3][Ga]([CH3])[CH]([Ga]([CH3])[CH3])[Ga]([CH3])[CH3]. The van der Waals surface area contributed by atoms with Crippen LogP contribution in [0.25, 0.3) is 0 Å². The molecule has 0 saturated carbocycles. The molecule has 0 atom stereocenters. The fourth-order valence-corrected chi connectivity index (χ4v) is 62.4. The number of hydrogen-bond donors (Lipinski definition) is 0. The summed E-state index contributed by atoms with van der Waals surface area (Å²) in [5, 5.41) is 0. The van der Waals surface area contributed by atoms with Crippen LogP contribution in [0.2, 0.25) is 34.4 Å². The second kappa shape index (κ2) is 5.54. The van der Waals surface area contributed by atoms with E-state index in [-0.39, 0.29) is 0 Å². The average Bonchev–Trinajstić information content (AvgIpc) is 1.59. The summed E-state index contributed by atoms with van der Waals surface area (Å²) >= 11 is -2.00. The van der Waals surface area contributed by atoms with Crippen LogP contribution in [-0.2, 0) is 0 Å². The van der Waals surface area contributed by atoms with Crippen LogP contribution in [0.3, 0.4) is 0 Å². The fourth-order valence-electron chi connectivity index (χ4n) is 2.31. The Labute approximate surface area is 82.2 Å². The summed E-state index contributed by atoms with van der Waals surface area (Å²) in [6.07, 6.45) is 0. The van der Waals surface area contributed by atoms with Crippen LogP contribution in [0.1, 0.15) is 0 Å². The van der Waals surface area contributed by atoms with E-state index in [9.17, 15) is 0 Å². The summed E-state index contributed by atoms with van der Waals surface area (Å²) < 4.78 is 1.45. The van der Waals surface area contributed by atoms with Crippen LogP contribution in [0.15, 0.2) is 0 Å². The fraction of sp³-hybridized carbons (Fsp3) is 1.00. The first-order chi connectivity index (χ1) is 4.46. The van der Waals surface area contributed by atoms with Gasteiger partial charge in [-0.1, -0.05) is 0 Å². The topological polar surface area (TPSA) is 0 Å². The molecular formula is C7H19Ga3. The third-order valence-electron chi connectivity index (χ3n) is 2.31. The Morgan fingerprint density at radius 1 is 0.600 bits per heavy atom. The summed E-state index contributed by atoms with van der Waals surface area (Å²) in [5.74, 6) is 0. The van der Waals surface area contributed by atoms with Crippen LogP contribution in [0.5, 0.6) is 0 Å². The molecule has 0 fully saturated rings. The second-order valence-corrected chi connectivity index (χ2v) is 35.0. The van der Waals surface area contributed by atoms with Gasteiger partial charge in [-0.2, -0.15) is 0 Å². The van der Waals surface area contributed by atoms with E-state index in [1.807, 2.05) is 0 Å². The molecule has 0 aromatic rings. The van der Waals surface area contributed by atoms with E-state index < -0.39 is 48.7 Å². The maximum absolute atomic E-state index is 2.61. The third kappa shape index (κ3) is 4.07. The van der Waals surface area contributed by atoms with E-state index >= 15 is 0 Å². The van der Waals surface area contributed by atoms with Gasteiger partial charge in [-0.25, -0.2) is 0 Å². The van der Waals surface area contributed by atoms with Gasteiger partial charge >= 0.3 is 83.1 Å². The molecule has 0 N–H and O–H groups in total. The van der Waals surface area contributed by atoms with Crippen molar-refractivity contribution in [2.75, 3.05) is 0 Å². The van der Waals surface area contributed by atoms with E-state index in [2.05, 4.69) is 32.9 Å². The Hall–Kier alpha value is 1.91. The van der Waals surface area contributed by atoms with Gasteiger partial charge in [-0.3, -0.25) is 0 Å². The molecule has 0 radical (unpaired) electrons. The minimum absolute atomic E-state index is 0.667. The van der Waals surface area contributed by atoms with E-state index in [4.69, 9.17) is 0 Å². The summed E-state index contributed by atoms with van der Waals surface area (Å²) in [4.78, 5) is 0. The Balaban J connectivity index is 3.98. The molecule has 0 spiro atoms. The van der Waals surface area contributed by atoms with Gasteiger partial charge in [0.25, 0.3) is 0 Å². The molecule has 0 rings (SSSR count). The summed E-state index contributed by atoms with van der Waals surface area (Å²) in [5.41, 5.74) is 15.6. The molecule has 0 amide bonds. The van der Waals surface area contributed by atoms with Gasteiger partial charge in [-0.05, 0) is 0 Å². The minimum atomic E-state index is -0.667. The first-order valence-corrected chi connectivity index (χ1v) is 23.2. The summed E-state index contributed by atoms with van der Waals surface area (Å²) in [6.45, 7) is 0. The van der Waals surface area contributed by atoms with Gasteiger partial charge in [0.15, 0.2) is 0 Å². The van der Waals surface area contributed by atoms with Crippen LogP contribution in [-0.4, -0.2) is 48.7 Å². The molecule has 0 aromatic heterocycles. The van der Waals surface area contributed by atoms with Gasteiger partial charge in [-0.15, -0.1) is 0 Å². The Bertz CT molecular complexity index is 69.8. The predicted molar refractivity (Wildman–Crippen MR) is 56.2 cm³/mol. The molecule has 0 unspecified atom stereocenters. The quantitative estimate of drug-likeness (QED) is 0.703. The molecule has 10 heavy (non-hydrogen) atoms. The molecular weight excluding hydrogens is 293 g/mol. The molecule has 56 valence electrons. The molecule has 0 nitrogen and oxygen atoms in total. The molecule has 0 aliphatic heterocycles. The van der Waals surface area contributed by atoms with E-state index in [0.29, 0.717) is 0 Å². The molecule has 0 saturated heterocycles. The molecule has 0 aliphatic rings. The summed E-state index contributed by atoms with van der Waals surface area (Å²) in [6, 6.07) is 0. The van der Waals surface area contributed by atoms with Crippen molar-refractivity contribution in [3.8, 4) is 0 Å². The Kier molecular flexibility index (Phi) is 6.59. The predicted octanol–water partition coefficient (Wildman–Crippen LogP) is 2.70. The third-order valence-corrected chi connectivity index (χ3v) is 62.4. The van der Waals surface area contributed by atoms with Crippen LogP contribution in [0.4, 0.5) is 0 Å². The van der Waals surface area contributed by atoms with Gasteiger partial charge < -0.3 is 0 Å². The van der Waals surface area contributed by atoms with Crippen molar-refractivity contribution in [2.45, 2.75) is 34.4 Å². The Morgan fingerprint density at radius 3 is 0.800 bits per heavy atom. The first kappa shape index (κ1) is 11.9. The van der Waals surface area contributed by atoms with Crippen molar-refractivity contribution < 1.29 is 0 Å². The van der Waals surface area contributed by atoms with Crippen molar-refractivity contribution >= 4 is 48.7 Å². The number of rotatable bonds is 3. The van der Waals surface area contributed by atoms with Crippen LogP contribution >= 0.6 is 0 Å². The van der Waals surface area contributed by atoms with Gasteiger partial charge in [0.1, 0.15) is 0 Å². The van der Waals surface area contributed by atoms with Gasteiger partial charge in [0.05, 0.1) is 0 Å². The maximum atomic E-state index is 2.61. The van der Waals surface area contributed by atoms with Crippen LogP contribution < -0.4 is 0 Å². The zero-order valence-electron chi connectivity index (χ0n) is 8.31. The van der Waals surface area contributed by atoms with Crippen molar-refractivity contribution in [3.63, 3.8) is 0 Å². The van der Waals surface area contributed by atoms with Crippen molar-refractivity contribution in [2.24, 2.45) is 0 Å². The van der Waals surface area contributed by atoms with Crippen molar-refractivity contribution in [1.29, 1.82) is 0 Å². The standard InChI is InChI=1S/6CH3.CH.3Ga/h6*1H3;1H;;;. The molecule has 0 bridgehead atoms. The van der Waals surface area contributed by atoms with Gasteiger partial charge in [0, 0.05) is 0 Å². The van der Waals surface area contributed by atoms with Gasteiger partial charge in [0.2, 0.25) is 0 Å². The monoisotopic (exact) mass is 310 g/mol. The molecule has 0 heterocycles. The van der Waals surface area contributed by atoms with Crippen LogP contribution in [0, 0.1) is 0 Å². The first-order valence-electron chi connectivity index (χ1n) is 4.46. The van der Waals surface area contributed by atoms with Crippen molar-refractivity contribution in [3.05, 3.63) is 0 Å². The molecule has 3 heteroatoms. The molecule has 0 aliphatic carbocycles. The second-order valence-electron chi connectivity index (χ2n) is 4.31.